The van der Waals surface area contributed by atoms with Crippen LogP contribution in [-0.4, -0.2) is 39.9 Å². The van der Waals surface area contributed by atoms with E-state index in [1.807, 2.05) is 23.1 Å². The van der Waals surface area contributed by atoms with E-state index < -0.39 is 0 Å². The molecule has 0 spiro atoms. The molecule has 0 bridgehead atoms. The predicted octanol–water partition coefficient (Wildman–Crippen LogP) is 2.44. The Morgan fingerprint density at radius 3 is 2.56 bits per heavy atom. The van der Waals surface area contributed by atoms with Crippen LogP contribution < -0.4 is 0 Å². The van der Waals surface area contributed by atoms with E-state index in [1.165, 1.54) is 11.8 Å². The average Bonchev–Trinajstić information content (AvgIpc) is 2.94. The van der Waals surface area contributed by atoms with Gasteiger partial charge in [0.25, 0.3) is 0 Å². The van der Waals surface area contributed by atoms with Crippen LogP contribution in [0.4, 0.5) is 0 Å². The Balaban J connectivity index is 1.88. The maximum absolute atomic E-state index is 11.9. The summed E-state index contributed by atoms with van der Waals surface area (Å²) >= 11 is 1.30. The van der Waals surface area contributed by atoms with Gasteiger partial charge in [-0.05, 0) is 12.8 Å². The van der Waals surface area contributed by atoms with Gasteiger partial charge < -0.3 is 10.1 Å². The van der Waals surface area contributed by atoms with Crippen molar-refractivity contribution >= 4 is 22.7 Å². The molecule has 18 heavy (non-hydrogen) atoms. The molecule has 0 aliphatic carbocycles. The molecule has 0 radical (unpaired) electrons. The second kappa shape index (κ2) is 6.44. The minimum Gasteiger partial charge on any atom is -0.409 e. The van der Waals surface area contributed by atoms with E-state index in [-0.39, 0.29) is 5.78 Å². The van der Waals surface area contributed by atoms with Gasteiger partial charge in [-0.2, -0.15) is 0 Å². The van der Waals surface area contributed by atoms with E-state index in [9.17, 15) is 4.79 Å². The lowest BCUT2D eigenvalue weighted by Crippen LogP contribution is -2.26. The monoisotopic (exact) mass is 264 g/mol. The van der Waals surface area contributed by atoms with Crippen LogP contribution in [0.5, 0.6) is 0 Å². The summed E-state index contributed by atoms with van der Waals surface area (Å²) in [4.78, 5) is 13.9. The molecule has 0 atom stereocenters. The van der Waals surface area contributed by atoms with Crippen molar-refractivity contribution in [2.75, 3.05) is 18.8 Å². The van der Waals surface area contributed by atoms with Crippen molar-refractivity contribution in [1.82, 2.24) is 4.90 Å². The number of ketones is 1. The fraction of sp³-hybridized carbons (Fsp3) is 0.385. The van der Waals surface area contributed by atoms with Crippen LogP contribution >= 0.6 is 11.8 Å². The lowest BCUT2D eigenvalue weighted by Gasteiger charge is -2.17. The molecule has 1 saturated heterocycles. The topological polar surface area (TPSA) is 52.9 Å². The van der Waals surface area contributed by atoms with E-state index in [0.29, 0.717) is 16.5 Å². The van der Waals surface area contributed by atoms with Crippen LogP contribution in [0.2, 0.25) is 0 Å². The summed E-state index contributed by atoms with van der Waals surface area (Å²) in [6, 6.07) is 9.18. The summed E-state index contributed by atoms with van der Waals surface area (Å²) in [7, 11) is 0. The van der Waals surface area contributed by atoms with Gasteiger partial charge in [-0.25, -0.2) is 0 Å². The number of hydrogen-bond acceptors (Lipinski definition) is 4. The van der Waals surface area contributed by atoms with Crippen molar-refractivity contribution in [3.05, 3.63) is 35.9 Å². The second-order valence-electron chi connectivity index (χ2n) is 4.15. The summed E-state index contributed by atoms with van der Waals surface area (Å²) < 4.78 is 0. The number of likely N-dealkylation sites (tertiary alicyclic amines) is 1. The lowest BCUT2D eigenvalue weighted by molar-refractivity contribution is 0.102. The van der Waals surface area contributed by atoms with Crippen molar-refractivity contribution < 1.29 is 10.0 Å². The van der Waals surface area contributed by atoms with Gasteiger partial charge in [0, 0.05) is 18.7 Å². The Morgan fingerprint density at radius 2 is 1.94 bits per heavy atom. The summed E-state index contributed by atoms with van der Waals surface area (Å²) in [6.45, 7) is 1.82. The standard InChI is InChI=1S/C13H16N2O2S/c16-12(11-6-2-1-3-7-11)10-18-13(14-17)15-8-4-5-9-15/h1-3,6-7,17H,4-5,8-10H2/b14-13+. The number of carbonyl (C=O) groups is 1. The zero-order valence-corrected chi connectivity index (χ0v) is 10.9. The Bertz CT molecular complexity index is 428. The number of carbonyl (C=O) groups excluding carboxylic acids is 1. The summed E-state index contributed by atoms with van der Waals surface area (Å²) in [6.07, 6.45) is 2.23. The third-order valence-corrected chi connectivity index (χ3v) is 3.89. The Morgan fingerprint density at radius 1 is 1.28 bits per heavy atom. The van der Waals surface area contributed by atoms with Crippen molar-refractivity contribution in [3.63, 3.8) is 0 Å². The summed E-state index contributed by atoms with van der Waals surface area (Å²) in [5.74, 6) is 0.362. The van der Waals surface area contributed by atoms with Gasteiger partial charge in [-0.3, -0.25) is 4.79 Å². The third kappa shape index (κ3) is 3.26. The van der Waals surface area contributed by atoms with Gasteiger partial charge in [-0.1, -0.05) is 47.2 Å². The SMILES string of the molecule is O=C(CS/C(=N/O)N1CCCC1)c1ccccc1. The van der Waals surface area contributed by atoms with E-state index in [0.717, 1.165) is 25.9 Å². The molecule has 1 fully saturated rings. The molecule has 0 aromatic heterocycles. The maximum atomic E-state index is 11.9. The van der Waals surface area contributed by atoms with Crippen molar-refractivity contribution in [2.24, 2.45) is 5.16 Å². The van der Waals surface area contributed by atoms with Crippen LogP contribution in [0.25, 0.3) is 0 Å². The molecular formula is C13H16N2O2S. The Labute approximate surface area is 111 Å². The number of amidine groups is 1. The van der Waals surface area contributed by atoms with Crippen LogP contribution in [0.3, 0.4) is 0 Å². The fourth-order valence-corrected chi connectivity index (χ4v) is 2.78. The van der Waals surface area contributed by atoms with Crippen LogP contribution in [0.1, 0.15) is 23.2 Å². The van der Waals surface area contributed by atoms with E-state index >= 15 is 0 Å². The average molecular weight is 264 g/mol. The maximum Gasteiger partial charge on any atom is 0.202 e. The number of rotatable bonds is 3. The van der Waals surface area contributed by atoms with Gasteiger partial charge >= 0.3 is 0 Å². The third-order valence-electron chi connectivity index (χ3n) is 2.89. The number of benzene rings is 1. The highest BCUT2D eigenvalue weighted by Crippen LogP contribution is 2.17. The first-order valence-corrected chi connectivity index (χ1v) is 6.98. The number of oxime groups is 1. The molecule has 1 N–H and O–H groups in total. The van der Waals surface area contributed by atoms with E-state index in [2.05, 4.69) is 5.16 Å². The van der Waals surface area contributed by atoms with Crippen LogP contribution in [0.15, 0.2) is 35.5 Å². The molecule has 1 aromatic carbocycles. The molecule has 1 heterocycles. The van der Waals surface area contributed by atoms with Crippen molar-refractivity contribution in [2.45, 2.75) is 12.8 Å². The predicted molar refractivity (Wildman–Crippen MR) is 73.3 cm³/mol. The number of hydrogen-bond donors (Lipinski definition) is 1. The first kappa shape index (κ1) is 13.0. The minimum absolute atomic E-state index is 0.0564. The Kier molecular flexibility index (Phi) is 4.64. The van der Waals surface area contributed by atoms with Crippen molar-refractivity contribution in [3.8, 4) is 0 Å². The zero-order chi connectivity index (χ0) is 12.8. The highest BCUT2D eigenvalue weighted by molar-refractivity contribution is 8.14. The normalized spacial score (nSPS) is 16.0. The fourth-order valence-electron chi connectivity index (χ4n) is 1.93. The molecular weight excluding hydrogens is 248 g/mol. The van der Waals surface area contributed by atoms with E-state index in [4.69, 9.17) is 5.21 Å². The smallest absolute Gasteiger partial charge is 0.202 e. The Hall–Kier alpha value is -1.49. The first-order valence-electron chi connectivity index (χ1n) is 5.99. The van der Waals surface area contributed by atoms with Gasteiger partial charge in [0.1, 0.15) is 0 Å². The zero-order valence-electron chi connectivity index (χ0n) is 10.1. The van der Waals surface area contributed by atoms with E-state index in [1.54, 1.807) is 12.1 Å². The van der Waals surface area contributed by atoms with Crippen molar-refractivity contribution in [1.29, 1.82) is 0 Å². The van der Waals surface area contributed by atoms with Crippen LogP contribution in [0, 0.1) is 0 Å². The number of Topliss-reactive ketones (excluding diaryl/α,β-unsaturated/α-hetero) is 1. The molecule has 1 aliphatic heterocycles. The molecule has 0 saturated carbocycles. The van der Waals surface area contributed by atoms with Gasteiger partial charge in [0.15, 0.2) is 5.78 Å². The second-order valence-corrected chi connectivity index (χ2v) is 5.10. The molecule has 0 amide bonds. The molecule has 1 aliphatic rings. The number of nitrogens with zero attached hydrogens (tertiary/aromatic N) is 2. The van der Waals surface area contributed by atoms with Gasteiger partial charge in [-0.15, -0.1) is 0 Å². The molecule has 2 rings (SSSR count). The quantitative estimate of drug-likeness (QED) is 0.299. The molecule has 5 heteroatoms. The molecule has 0 unspecified atom stereocenters. The van der Waals surface area contributed by atoms with Crippen LogP contribution in [-0.2, 0) is 0 Å². The lowest BCUT2D eigenvalue weighted by atomic mass is 10.2. The molecule has 1 aromatic rings. The van der Waals surface area contributed by atoms with Gasteiger partial charge in [0.2, 0.25) is 5.17 Å². The molecule has 4 nitrogen and oxygen atoms in total. The highest BCUT2D eigenvalue weighted by atomic mass is 32.2. The minimum atomic E-state index is 0.0564. The summed E-state index contributed by atoms with van der Waals surface area (Å²) in [5, 5.41) is 12.8. The number of thioether (sulfide) groups is 1. The van der Waals surface area contributed by atoms with Gasteiger partial charge in [0.05, 0.1) is 5.75 Å². The largest absolute Gasteiger partial charge is 0.409 e. The first-order chi connectivity index (χ1) is 8.81. The summed E-state index contributed by atoms with van der Waals surface area (Å²) in [5.41, 5.74) is 0.698. The highest BCUT2D eigenvalue weighted by Gasteiger charge is 2.18. The molecule has 96 valence electrons.